The molecule has 8 heteroatoms. The van der Waals surface area contributed by atoms with Gasteiger partial charge in [-0.3, -0.25) is 14.5 Å². The molecule has 0 unspecified atom stereocenters. The average molecular weight is 492 g/mol. The molecule has 1 aromatic heterocycles. The highest BCUT2D eigenvalue weighted by molar-refractivity contribution is 8.18. The number of aromatic nitrogens is 1. The van der Waals surface area contributed by atoms with Crippen molar-refractivity contribution in [1.29, 1.82) is 0 Å². The van der Waals surface area contributed by atoms with Crippen LogP contribution in [-0.2, 0) is 11.3 Å². The van der Waals surface area contributed by atoms with Crippen molar-refractivity contribution in [2.45, 2.75) is 20.4 Å². The highest BCUT2D eigenvalue weighted by Gasteiger charge is 2.35. The van der Waals surface area contributed by atoms with Gasteiger partial charge in [0.05, 0.1) is 27.2 Å². The molecule has 0 bridgehead atoms. The normalized spacial score (nSPS) is 15.4. The van der Waals surface area contributed by atoms with E-state index in [1.165, 1.54) is 4.90 Å². The van der Waals surface area contributed by atoms with E-state index in [-0.39, 0.29) is 17.7 Å². The lowest BCUT2D eigenvalue weighted by atomic mass is 10.2. The summed E-state index contributed by atoms with van der Waals surface area (Å²) in [6.07, 6.45) is 1.74. The van der Waals surface area contributed by atoms with Gasteiger partial charge in [-0.1, -0.05) is 59.1 Å². The largest absolute Gasteiger partial charge is 0.316 e. The van der Waals surface area contributed by atoms with E-state index >= 15 is 0 Å². The molecule has 4 rings (SSSR count). The number of nitrogens with zero attached hydrogens (tertiary/aromatic N) is 2. The molecule has 2 amide bonds. The Balaban J connectivity index is 1.67. The van der Waals surface area contributed by atoms with Crippen molar-refractivity contribution >= 4 is 63.8 Å². The van der Waals surface area contributed by atoms with Crippen molar-refractivity contribution < 1.29 is 9.59 Å². The van der Waals surface area contributed by atoms with Crippen LogP contribution in [0.3, 0.4) is 0 Å². The SMILES string of the molecule is Cc1cc(/C=C2\SC(=O)N(Cc3ccccc3Cl)C2=O)c(C)n1-c1cccc(Cl)c1Cl. The van der Waals surface area contributed by atoms with Gasteiger partial charge in [0.2, 0.25) is 0 Å². The fourth-order valence-electron chi connectivity index (χ4n) is 3.54. The number of thioether (sulfide) groups is 1. The third-order valence-electron chi connectivity index (χ3n) is 5.09. The standard InChI is InChI=1S/C23H17Cl3N2O2S/c1-13-10-16(14(2)28(13)19-9-5-8-18(25)21(19)26)11-20-22(29)27(23(30)31-20)12-15-6-3-4-7-17(15)24/h3-11H,12H2,1-2H3/b20-11-. The fourth-order valence-corrected chi connectivity index (χ4v) is 4.95. The van der Waals surface area contributed by atoms with E-state index in [2.05, 4.69) is 0 Å². The number of carbonyl (C=O) groups is 2. The van der Waals surface area contributed by atoms with Gasteiger partial charge in [0, 0.05) is 16.4 Å². The summed E-state index contributed by atoms with van der Waals surface area (Å²) in [7, 11) is 0. The summed E-state index contributed by atoms with van der Waals surface area (Å²) < 4.78 is 1.98. The summed E-state index contributed by atoms with van der Waals surface area (Å²) in [6, 6.07) is 14.6. The quantitative estimate of drug-likeness (QED) is 0.360. The highest BCUT2D eigenvalue weighted by atomic mass is 35.5. The summed E-state index contributed by atoms with van der Waals surface area (Å²) in [4.78, 5) is 27.0. The Bertz CT molecular complexity index is 1250. The van der Waals surface area contributed by atoms with Crippen molar-refractivity contribution in [2.75, 3.05) is 0 Å². The topological polar surface area (TPSA) is 42.3 Å². The molecule has 4 nitrogen and oxygen atoms in total. The second-order valence-electron chi connectivity index (χ2n) is 7.09. The lowest BCUT2D eigenvalue weighted by Crippen LogP contribution is -2.27. The zero-order valence-electron chi connectivity index (χ0n) is 16.7. The number of halogens is 3. The number of hydrogen-bond acceptors (Lipinski definition) is 3. The Hall–Kier alpha value is -2.18. The van der Waals surface area contributed by atoms with E-state index in [1.54, 1.807) is 24.3 Å². The molecule has 1 fully saturated rings. The minimum Gasteiger partial charge on any atom is -0.316 e. The first kappa shape index (κ1) is 22.0. The number of carbonyl (C=O) groups excluding carboxylic acids is 2. The van der Waals surface area contributed by atoms with Gasteiger partial charge >= 0.3 is 0 Å². The minimum absolute atomic E-state index is 0.138. The summed E-state index contributed by atoms with van der Waals surface area (Å²) in [5, 5.41) is 1.13. The minimum atomic E-state index is -0.333. The molecule has 1 aliphatic rings. The third kappa shape index (κ3) is 4.15. The number of hydrogen-bond donors (Lipinski definition) is 0. The maximum absolute atomic E-state index is 12.9. The van der Waals surface area contributed by atoms with Crippen LogP contribution < -0.4 is 0 Å². The van der Waals surface area contributed by atoms with Gasteiger partial charge < -0.3 is 4.57 Å². The molecule has 158 valence electrons. The first-order valence-electron chi connectivity index (χ1n) is 9.40. The van der Waals surface area contributed by atoms with E-state index in [9.17, 15) is 9.59 Å². The molecule has 2 heterocycles. The second kappa shape index (κ2) is 8.75. The number of amides is 2. The highest BCUT2D eigenvalue weighted by Crippen LogP contribution is 2.36. The second-order valence-corrected chi connectivity index (χ2v) is 9.28. The zero-order chi connectivity index (χ0) is 22.3. The molecule has 0 N–H and O–H groups in total. The van der Waals surface area contributed by atoms with E-state index in [4.69, 9.17) is 34.8 Å². The Morgan fingerprint density at radius 1 is 0.968 bits per heavy atom. The van der Waals surface area contributed by atoms with Gasteiger partial charge in [0.25, 0.3) is 11.1 Å². The van der Waals surface area contributed by atoms with Crippen LogP contribution in [0.25, 0.3) is 11.8 Å². The van der Waals surface area contributed by atoms with Crippen LogP contribution >= 0.6 is 46.6 Å². The molecule has 3 aromatic rings. The molecular formula is C23H17Cl3N2O2S. The Labute approximate surface area is 199 Å². The Kier molecular flexibility index (Phi) is 6.22. The number of aryl methyl sites for hydroxylation is 1. The van der Waals surface area contributed by atoms with Crippen LogP contribution in [-0.4, -0.2) is 20.6 Å². The van der Waals surface area contributed by atoms with Gasteiger partial charge in [-0.15, -0.1) is 0 Å². The first-order chi connectivity index (χ1) is 14.8. The molecule has 0 aliphatic carbocycles. The van der Waals surface area contributed by atoms with E-state index in [0.717, 1.165) is 40.0 Å². The van der Waals surface area contributed by atoms with Crippen molar-refractivity contribution in [3.8, 4) is 5.69 Å². The van der Waals surface area contributed by atoms with Gasteiger partial charge in [-0.05, 0) is 67.1 Å². The van der Waals surface area contributed by atoms with Crippen LogP contribution in [0.5, 0.6) is 0 Å². The molecule has 0 saturated carbocycles. The molecule has 1 saturated heterocycles. The summed E-state index contributed by atoms with van der Waals surface area (Å²) in [5.74, 6) is -0.333. The van der Waals surface area contributed by atoms with Crippen molar-refractivity contribution in [3.63, 3.8) is 0 Å². The Morgan fingerprint density at radius 3 is 2.42 bits per heavy atom. The summed E-state index contributed by atoms with van der Waals surface area (Å²) in [5.41, 5.74) is 4.14. The van der Waals surface area contributed by atoms with Crippen molar-refractivity contribution in [2.24, 2.45) is 0 Å². The van der Waals surface area contributed by atoms with Crippen LogP contribution in [0.15, 0.2) is 53.4 Å². The van der Waals surface area contributed by atoms with Crippen LogP contribution in [0.1, 0.15) is 22.5 Å². The summed E-state index contributed by atoms with van der Waals surface area (Å²) >= 11 is 19.7. The molecule has 0 atom stereocenters. The van der Waals surface area contributed by atoms with Gasteiger partial charge in [-0.2, -0.15) is 0 Å². The molecule has 31 heavy (non-hydrogen) atoms. The van der Waals surface area contributed by atoms with Crippen molar-refractivity contribution in [1.82, 2.24) is 9.47 Å². The zero-order valence-corrected chi connectivity index (χ0v) is 19.7. The smallest absolute Gasteiger partial charge is 0.293 e. The van der Waals surface area contributed by atoms with E-state index in [0.29, 0.717) is 20.0 Å². The Morgan fingerprint density at radius 2 is 1.68 bits per heavy atom. The molecular weight excluding hydrogens is 475 g/mol. The van der Waals surface area contributed by atoms with E-state index in [1.807, 2.05) is 48.7 Å². The lowest BCUT2D eigenvalue weighted by molar-refractivity contribution is -0.123. The molecule has 1 aliphatic heterocycles. The predicted octanol–water partition coefficient (Wildman–Crippen LogP) is 7.29. The number of benzene rings is 2. The average Bonchev–Trinajstić information content (AvgIpc) is 3.15. The lowest BCUT2D eigenvalue weighted by Gasteiger charge is -2.13. The van der Waals surface area contributed by atoms with Crippen LogP contribution in [0, 0.1) is 13.8 Å². The number of imide groups is 1. The monoisotopic (exact) mass is 490 g/mol. The third-order valence-corrected chi connectivity index (χ3v) is 7.17. The fraction of sp³-hybridized carbons (Fsp3) is 0.130. The predicted molar refractivity (Wildman–Crippen MR) is 128 cm³/mol. The summed E-state index contributed by atoms with van der Waals surface area (Å²) in [6.45, 7) is 4.02. The van der Waals surface area contributed by atoms with Gasteiger partial charge in [0.15, 0.2) is 0 Å². The van der Waals surface area contributed by atoms with Crippen molar-refractivity contribution in [3.05, 3.63) is 91.0 Å². The molecule has 0 spiro atoms. The molecule has 0 radical (unpaired) electrons. The van der Waals surface area contributed by atoms with Crippen LogP contribution in [0.4, 0.5) is 4.79 Å². The maximum atomic E-state index is 12.9. The van der Waals surface area contributed by atoms with Gasteiger partial charge in [0.1, 0.15) is 0 Å². The van der Waals surface area contributed by atoms with Gasteiger partial charge in [-0.25, -0.2) is 0 Å². The van der Waals surface area contributed by atoms with Crippen LogP contribution in [0.2, 0.25) is 15.1 Å². The maximum Gasteiger partial charge on any atom is 0.293 e. The molecule has 2 aromatic carbocycles. The van der Waals surface area contributed by atoms with E-state index < -0.39 is 0 Å². The first-order valence-corrected chi connectivity index (χ1v) is 11.3. The number of rotatable bonds is 4.